The first-order chi connectivity index (χ1) is 9.38. The van der Waals surface area contributed by atoms with Gasteiger partial charge in [-0.1, -0.05) is 13.3 Å². The third-order valence-electron chi connectivity index (χ3n) is 3.87. The van der Waals surface area contributed by atoms with Gasteiger partial charge in [0.15, 0.2) is 0 Å². The summed E-state index contributed by atoms with van der Waals surface area (Å²) in [4.78, 5) is 11.6. The van der Waals surface area contributed by atoms with Gasteiger partial charge in [0.05, 0.1) is 11.1 Å². The molecule has 0 aliphatic heterocycles. The van der Waals surface area contributed by atoms with Crippen LogP contribution in [0, 0.1) is 13.8 Å². The molecule has 0 aliphatic carbocycles. The van der Waals surface area contributed by atoms with Crippen molar-refractivity contribution in [2.45, 2.75) is 53.5 Å². The Kier molecular flexibility index (Phi) is 3.89. The maximum Gasteiger partial charge on any atom is 0.337 e. The van der Waals surface area contributed by atoms with Crippen LogP contribution >= 0.6 is 0 Å². The Bertz CT molecular complexity index is 665. The van der Waals surface area contributed by atoms with E-state index in [1.807, 2.05) is 6.92 Å². The van der Waals surface area contributed by atoms with E-state index in [2.05, 4.69) is 38.3 Å². The summed E-state index contributed by atoms with van der Waals surface area (Å²) in [5.41, 5.74) is 4.79. The van der Waals surface area contributed by atoms with Crippen LogP contribution in [-0.2, 0) is 6.42 Å². The van der Waals surface area contributed by atoms with E-state index in [1.165, 1.54) is 11.3 Å². The van der Waals surface area contributed by atoms with Crippen LogP contribution in [-0.4, -0.2) is 15.6 Å². The van der Waals surface area contributed by atoms with Crippen LogP contribution in [0.3, 0.4) is 0 Å². The van der Waals surface area contributed by atoms with Crippen molar-refractivity contribution in [1.82, 2.24) is 4.57 Å². The predicted octanol–water partition coefficient (Wildman–Crippen LogP) is 4.49. The summed E-state index contributed by atoms with van der Waals surface area (Å²) < 4.78 is 2.17. The molecule has 1 N–H and O–H groups in total. The Morgan fingerprint density at radius 2 is 1.95 bits per heavy atom. The third-order valence-corrected chi connectivity index (χ3v) is 3.87. The fraction of sp³-hybridized carbons (Fsp3) is 0.471. The zero-order valence-corrected chi connectivity index (χ0v) is 12.9. The number of carbonyl (C=O) groups is 1. The van der Waals surface area contributed by atoms with E-state index in [4.69, 9.17) is 0 Å². The summed E-state index contributed by atoms with van der Waals surface area (Å²) in [6, 6.07) is 4.15. The van der Waals surface area contributed by atoms with Crippen molar-refractivity contribution < 1.29 is 9.90 Å². The van der Waals surface area contributed by atoms with E-state index in [0.717, 1.165) is 29.3 Å². The molecule has 3 nitrogen and oxygen atoms in total. The number of aromatic carboxylic acids is 1. The number of aryl methyl sites for hydroxylation is 2. The first-order valence-electron chi connectivity index (χ1n) is 7.25. The van der Waals surface area contributed by atoms with Crippen molar-refractivity contribution in [3.8, 4) is 0 Å². The zero-order chi connectivity index (χ0) is 15.0. The molecule has 0 unspecified atom stereocenters. The monoisotopic (exact) mass is 273 g/mol. The first-order valence-corrected chi connectivity index (χ1v) is 7.25. The highest BCUT2D eigenvalue weighted by atomic mass is 16.4. The maximum absolute atomic E-state index is 11.6. The molecule has 0 aliphatic rings. The van der Waals surface area contributed by atoms with Gasteiger partial charge < -0.3 is 9.67 Å². The quantitative estimate of drug-likeness (QED) is 0.891. The summed E-state index contributed by atoms with van der Waals surface area (Å²) in [6.45, 7) is 10.4. The number of carboxylic acid groups (broad SMARTS) is 1. The Labute approximate surface area is 120 Å². The lowest BCUT2D eigenvalue weighted by molar-refractivity contribution is 0.0698. The summed E-state index contributed by atoms with van der Waals surface area (Å²) in [5.74, 6) is -0.846. The van der Waals surface area contributed by atoms with Crippen molar-refractivity contribution in [3.63, 3.8) is 0 Å². The van der Waals surface area contributed by atoms with Crippen molar-refractivity contribution >= 4 is 16.9 Å². The van der Waals surface area contributed by atoms with Crippen LogP contribution in [0.5, 0.6) is 0 Å². The maximum atomic E-state index is 11.6. The molecule has 2 aromatic rings. The molecule has 0 spiro atoms. The minimum absolute atomic E-state index is 0.254. The molecule has 0 saturated heterocycles. The molecule has 0 bridgehead atoms. The Hall–Kier alpha value is -1.77. The predicted molar refractivity (Wildman–Crippen MR) is 82.8 cm³/mol. The van der Waals surface area contributed by atoms with Crippen LogP contribution in [0.1, 0.15) is 60.4 Å². The second-order valence-electron chi connectivity index (χ2n) is 5.79. The van der Waals surface area contributed by atoms with Gasteiger partial charge in [0.2, 0.25) is 0 Å². The molecule has 0 radical (unpaired) electrons. The van der Waals surface area contributed by atoms with Gasteiger partial charge in [-0.3, -0.25) is 0 Å². The number of aromatic nitrogens is 1. The largest absolute Gasteiger partial charge is 0.478 e. The minimum Gasteiger partial charge on any atom is -0.478 e. The van der Waals surface area contributed by atoms with Crippen LogP contribution in [0.4, 0.5) is 0 Å². The third kappa shape index (κ3) is 2.21. The SMILES string of the molecule is CCCc1c(C)n(C(C)C)c2c(C(=O)O)cc(C)cc12. The molecule has 3 heteroatoms. The van der Waals surface area contributed by atoms with Crippen LogP contribution < -0.4 is 0 Å². The molecule has 0 fully saturated rings. The van der Waals surface area contributed by atoms with Crippen LogP contribution in [0.15, 0.2) is 12.1 Å². The molecular formula is C17H23NO2. The molecule has 0 amide bonds. The van der Waals surface area contributed by atoms with Gasteiger partial charge >= 0.3 is 5.97 Å². The highest BCUT2D eigenvalue weighted by Gasteiger charge is 2.21. The lowest BCUT2D eigenvalue weighted by atomic mass is 10.0. The Morgan fingerprint density at radius 1 is 1.30 bits per heavy atom. The van der Waals surface area contributed by atoms with Crippen molar-refractivity contribution in [2.75, 3.05) is 0 Å². The van der Waals surface area contributed by atoms with Crippen molar-refractivity contribution in [3.05, 3.63) is 34.5 Å². The van der Waals surface area contributed by atoms with E-state index in [-0.39, 0.29) is 6.04 Å². The number of carboxylic acids is 1. The molecule has 1 heterocycles. The summed E-state index contributed by atoms with van der Waals surface area (Å²) in [7, 11) is 0. The van der Waals surface area contributed by atoms with E-state index >= 15 is 0 Å². The highest BCUT2D eigenvalue weighted by Crippen LogP contribution is 2.33. The van der Waals surface area contributed by atoms with E-state index < -0.39 is 5.97 Å². The highest BCUT2D eigenvalue weighted by molar-refractivity contribution is 6.04. The van der Waals surface area contributed by atoms with E-state index in [0.29, 0.717) is 5.56 Å². The average molecular weight is 273 g/mol. The molecule has 0 saturated carbocycles. The van der Waals surface area contributed by atoms with Crippen LogP contribution in [0.25, 0.3) is 10.9 Å². The first kappa shape index (κ1) is 14.6. The number of hydrogen-bond acceptors (Lipinski definition) is 1. The zero-order valence-electron chi connectivity index (χ0n) is 12.9. The molecule has 2 rings (SSSR count). The molecule has 0 atom stereocenters. The van der Waals surface area contributed by atoms with Crippen molar-refractivity contribution in [2.24, 2.45) is 0 Å². The normalized spacial score (nSPS) is 11.5. The van der Waals surface area contributed by atoms with Crippen LogP contribution in [0.2, 0.25) is 0 Å². The summed E-state index contributed by atoms with van der Waals surface area (Å²) in [6.07, 6.45) is 2.05. The van der Waals surface area contributed by atoms with Gasteiger partial charge in [-0.2, -0.15) is 0 Å². The van der Waals surface area contributed by atoms with Gasteiger partial charge in [-0.05, 0) is 57.4 Å². The van der Waals surface area contributed by atoms with Gasteiger partial charge in [0, 0.05) is 17.1 Å². The Morgan fingerprint density at radius 3 is 2.45 bits per heavy atom. The minimum atomic E-state index is -0.846. The topological polar surface area (TPSA) is 42.2 Å². The van der Waals surface area contributed by atoms with E-state index in [9.17, 15) is 9.90 Å². The number of benzene rings is 1. The Balaban J connectivity index is 2.96. The summed E-state index contributed by atoms with van der Waals surface area (Å²) in [5, 5.41) is 10.6. The molecular weight excluding hydrogens is 250 g/mol. The molecule has 108 valence electrons. The second kappa shape index (κ2) is 5.31. The lowest BCUT2D eigenvalue weighted by Gasteiger charge is -2.14. The second-order valence-corrected chi connectivity index (χ2v) is 5.79. The number of hydrogen-bond donors (Lipinski definition) is 1. The molecule has 1 aromatic heterocycles. The van der Waals surface area contributed by atoms with Gasteiger partial charge in [0.25, 0.3) is 0 Å². The lowest BCUT2D eigenvalue weighted by Crippen LogP contribution is -2.07. The van der Waals surface area contributed by atoms with E-state index in [1.54, 1.807) is 6.07 Å². The summed E-state index contributed by atoms with van der Waals surface area (Å²) >= 11 is 0. The van der Waals surface area contributed by atoms with Gasteiger partial charge in [-0.15, -0.1) is 0 Å². The average Bonchev–Trinajstić information content (AvgIpc) is 2.62. The fourth-order valence-corrected chi connectivity index (χ4v) is 3.15. The molecule has 20 heavy (non-hydrogen) atoms. The fourth-order valence-electron chi connectivity index (χ4n) is 3.15. The van der Waals surface area contributed by atoms with Crippen molar-refractivity contribution in [1.29, 1.82) is 0 Å². The van der Waals surface area contributed by atoms with Gasteiger partial charge in [-0.25, -0.2) is 4.79 Å². The van der Waals surface area contributed by atoms with Gasteiger partial charge in [0.1, 0.15) is 0 Å². The molecule has 1 aromatic carbocycles. The smallest absolute Gasteiger partial charge is 0.337 e. The number of rotatable bonds is 4. The standard InChI is InChI=1S/C17H23NO2/c1-6-7-13-12(5)18(10(2)3)16-14(13)8-11(4)9-15(16)17(19)20/h8-10H,6-7H2,1-5H3,(H,19,20). The number of nitrogens with zero attached hydrogens (tertiary/aromatic N) is 1. The number of fused-ring (bicyclic) bond motifs is 1.